The molecule has 0 saturated heterocycles. The molecule has 98 valence electrons. The van der Waals surface area contributed by atoms with E-state index in [1.54, 1.807) is 12.4 Å². The van der Waals surface area contributed by atoms with Crippen molar-refractivity contribution >= 4 is 11.6 Å². The molecule has 1 amide bonds. The van der Waals surface area contributed by atoms with E-state index in [0.717, 1.165) is 11.1 Å². The summed E-state index contributed by atoms with van der Waals surface area (Å²) in [5.74, 6) is -0.224. The first kappa shape index (κ1) is 12.0. The molecular weight excluding hydrogens is 254 g/mol. The van der Waals surface area contributed by atoms with Crippen molar-refractivity contribution in [3.63, 3.8) is 0 Å². The molecule has 3 aromatic rings. The van der Waals surface area contributed by atoms with Crippen molar-refractivity contribution in [2.75, 3.05) is 5.32 Å². The van der Waals surface area contributed by atoms with E-state index in [-0.39, 0.29) is 5.91 Å². The van der Waals surface area contributed by atoms with Gasteiger partial charge in [-0.2, -0.15) is 0 Å². The van der Waals surface area contributed by atoms with Gasteiger partial charge in [0.1, 0.15) is 12.0 Å². The third-order valence-electron chi connectivity index (χ3n) is 2.78. The molecule has 20 heavy (non-hydrogen) atoms. The van der Waals surface area contributed by atoms with Crippen LogP contribution in [0.25, 0.3) is 11.1 Å². The Bertz CT molecular complexity index is 692. The highest BCUT2D eigenvalue weighted by Gasteiger charge is 2.07. The molecule has 1 aromatic carbocycles. The van der Waals surface area contributed by atoms with Gasteiger partial charge in [0.05, 0.1) is 12.5 Å². The Morgan fingerprint density at radius 2 is 1.70 bits per heavy atom. The molecule has 6 heteroatoms. The van der Waals surface area contributed by atoms with Gasteiger partial charge in [-0.1, -0.05) is 12.1 Å². The highest BCUT2D eigenvalue weighted by Crippen LogP contribution is 2.19. The Morgan fingerprint density at radius 3 is 2.35 bits per heavy atom. The summed E-state index contributed by atoms with van der Waals surface area (Å²) in [5.41, 5.74) is 3.06. The molecule has 0 unspecified atom stereocenters. The van der Waals surface area contributed by atoms with Gasteiger partial charge in [0, 0.05) is 23.6 Å². The van der Waals surface area contributed by atoms with E-state index in [1.807, 2.05) is 24.3 Å². The molecule has 0 atom stereocenters. The highest BCUT2D eigenvalue weighted by atomic mass is 16.1. The summed E-state index contributed by atoms with van der Waals surface area (Å²) < 4.78 is 0. The van der Waals surface area contributed by atoms with Crippen molar-refractivity contribution in [1.82, 2.24) is 19.9 Å². The molecule has 6 nitrogen and oxygen atoms in total. The zero-order chi connectivity index (χ0) is 13.8. The number of nitrogens with one attached hydrogen (secondary N) is 2. The molecule has 0 saturated carbocycles. The molecule has 0 fully saturated rings. The van der Waals surface area contributed by atoms with Crippen LogP contribution in [-0.4, -0.2) is 25.8 Å². The van der Waals surface area contributed by atoms with Crippen LogP contribution in [0.5, 0.6) is 0 Å². The molecule has 3 rings (SSSR count). The minimum Gasteiger partial charge on any atom is -0.341 e. The summed E-state index contributed by atoms with van der Waals surface area (Å²) in [5, 5.41) is 2.78. The maximum Gasteiger partial charge on any atom is 0.273 e. The van der Waals surface area contributed by atoms with Crippen molar-refractivity contribution in [1.29, 1.82) is 0 Å². The van der Waals surface area contributed by atoms with E-state index in [4.69, 9.17) is 0 Å². The number of rotatable bonds is 3. The lowest BCUT2D eigenvalue weighted by atomic mass is 10.1. The third-order valence-corrected chi connectivity index (χ3v) is 2.78. The fourth-order valence-electron chi connectivity index (χ4n) is 1.77. The summed E-state index contributed by atoms with van der Waals surface area (Å²) in [6, 6.07) is 7.47. The van der Waals surface area contributed by atoms with Crippen molar-refractivity contribution < 1.29 is 4.79 Å². The quantitative estimate of drug-likeness (QED) is 0.759. The Hall–Kier alpha value is -3.02. The summed E-state index contributed by atoms with van der Waals surface area (Å²) in [6.07, 6.45) is 7.91. The van der Waals surface area contributed by atoms with E-state index < -0.39 is 0 Å². The molecular formula is C14H11N5O. The number of H-pyrrole nitrogens is 1. The number of imidazole rings is 1. The number of anilines is 1. The monoisotopic (exact) mass is 265 g/mol. The first-order valence-corrected chi connectivity index (χ1v) is 5.98. The van der Waals surface area contributed by atoms with E-state index in [9.17, 15) is 4.79 Å². The average Bonchev–Trinajstić information content (AvgIpc) is 3.03. The SMILES string of the molecule is O=C(Nc1ccc(-c2cncnc2)cc1)c1cnc[nH]1. The molecule has 0 aliphatic heterocycles. The number of benzene rings is 1. The van der Waals surface area contributed by atoms with Crippen LogP contribution in [0.4, 0.5) is 5.69 Å². The number of carbonyl (C=O) groups excluding carboxylic acids is 1. The van der Waals surface area contributed by atoms with Gasteiger partial charge in [-0.15, -0.1) is 0 Å². The first-order chi connectivity index (χ1) is 9.83. The van der Waals surface area contributed by atoms with Gasteiger partial charge in [0.25, 0.3) is 5.91 Å². The molecule has 0 bridgehead atoms. The summed E-state index contributed by atoms with van der Waals surface area (Å²) >= 11 is 0. The number of aromatic amines is 1. The number of carbonyl (C=O) groups is 1. The second-order valence-electron chi connectivity index (χ2n) is 4.12. The van der Waals surface area contributed by atoms with Crippen LogP contribution in [-0.2, 0) is 0 Å². The smallest absolute Gasteiger partial charge is 0.273 e. The molecule has 2 heterocycles. The predicted octanol–water partition coefficient (Wildman–Crippen LogP) is 2.12. The first-order valence-electron chi connectivity index (χ1n) is 5.98. The topological polar surface area (TPSA) is 83.6 Å². The standard InChI is InChI=1S/C14H11N5O/c20-14(13-7-17-9-18-13)19-12-3-1-10(2-4-12)11-5-15-8-16-6-11/h1-9H,(H,17,18)(H,19,20). The van der Waals surface area contributed by atoms with Crippen molar-refractivity contribution in [2.24, 2.45) is 0 Å². The van der Waals surface area contributed by atoms with Gasteiger partial charge >= 0.3 is 0 Å². The lowest BCUT2D eigenvalue weighted by molar-refractivity contribution is 0.102. The van der Waals surface area contributed by atoms with Gasteiger partial charge < -0.3 is 10.3 Å². The van der Waals surface area contributed by atoms with Gasteiger partial charge in [0.15, 0.2) is 0 Å². The maximum atomic E-state index is 11.8. The highest BCUT2D eigenvalue weighted by molar-refractivity contribution is 6.02. The second-order valence-corrected chi connectivity index (χ2v) is 4.12. The van der Waals surface area contributed by atoms with Crippen LogP contribution >= 0.6 is 0 Å². The number of aromatic nitrogens is 4. The zero-order valence-corrected chi connectivity index (χ0v) is 10.4. The fraction of sp³-hybridized carbons (Fsp3) is 0. The Balaban J connectivity index is 1.75. The molecule has 0 spiro atoms. The maximum absolute atomic E-state index is 11.8. The molecule has 2 aromatic heterocycles. The van der Waals surface area contributed by atoms with Crippen molar-refractivity contribution in [3.05, 3.63) is 61.2 Å². The lowest BCUT2D eigenvalue weighted by Crippen LogP contribution is -2.11. The van der Waals surface area contributed by atoms with E-state index in [0.29, 0.717) is 11.4 Å². The van der Waals surface area contributed by atoms with Crippen molar-refractivity contribution in [2.45, 2.75) is 0 Å². The summed E-state index contributed by atoms with van der Waals surface area (Å²) in [4.78, 5) is 26.3. The number of hydrogen-bond acceptors (Lipinski definition) is 4. The second kappa shape index (κ2) is 5.31. The van der Waals surface area contributed by atoms with E-state index >= 15 is 0 Å². The average molecular weight is 265 g/mol. The third kappa shape index (κ3) is 2.54. The van der Waals surface area contributed by atoms with Crippen molar-refractivity contribution in [3.8, 4) is 11.1 Å². The van der Waals surface area contributed by atoms with Gasteiger partial charge in [-0.05, 0) is 17.7 Å². The Kier molecular flexibility index (Phi) is 3.20. The number of nitrogens with zero attached hydrogens (tertiary/aromatic N) is 3. The Labute approximate surface area is 114 Å². The largest absolute Gasteiger partial charge is 0.341 e. The molecule has 2 N–H and O–H groups in total. The van der Waals surface area contributed by atoms with Crippen LogP contribution in [0.3, 0.4) is 0 Å². The van der Waals surface area contributed by atoms with Crippen LogP contribution in [0.1, 0.15) is 10.5 Å². The predicted molar refractivity (Wildman–Crippen MR) is 74.0 cm³/mol. The summed E-state index contributed by atoms with van der Waals surface area (Å²) in [6.45, 7) is 0. The minimum atomic E-state index is -0.224. The van der Waals surface area contributed by atoms with Gasteiger partial charge in [0.2, 0.25) is 0 Å². The fourth-order valence-corrected chi connectivity index (χ4v) is 1.77. The minimum absolute atomic E-state index is 0.224. The van der Waals surface area contributed by atoms with Crippen LogP contribution in [0.15, 0.2) is 55.5 Å². The van der Waals surface area contributed by atoms with Gasteiger partial charge in [-0.3, -0.25) is 4.79 Å². The normalized spacial score (nSPS) is 10.2. The lowest BCUT2D eigenvalue weighted by Gasteiger charge is -2.05. The van der Waals surface area contributed by atoms with E-state index in [2.05, 4.69) is 25.3 Å². The molecule has 0 aliphatic rings. The molecule has 0 aliphatic carbocycles. The summed E-state index contributed by atoms with van der Waals surface area (Å²) in [7, 11) is 0. The number of hydrogen-bond donors (Lipinski definition) is 2. The zero-order valence-electron chi connectivity index (χ0n) is 10.4. The van der Waals surface area contributed by atoms with Crippen LogP contribution in [0.2, 0.25) is 0 Å². The van der Waals surface area contributed by atoms with Crippen LogP contribution in [0, 0.1) is 0 Å². The Morgan fingerprint density at radius 1 is 0.950 bits per heavy atom. The van der Waals surface area contributed by atoms with E-state index in [1.165, 1.54) is 18.9 Å². The van der Waals surface area contributed by atoms with Gasteiger partial charge in [-0.25, -0.2) is 15.0 Å². The number of amides is 1. The van der Waals surface area contributed by atoms with Crippen LogP contribution < -0.4 is 5.32 Å². The molecule has 0 radical (unpaired) electrons.